The Balaban J connectivity index is 3.30. The smallest absolute Gasteiger partial charge is 0.407 e. The summed E-state index contributed by atoms with van der Waals surface area (Å²) in [6.07, 6.45) is 0.483. The van der Waals surface area contributed by atoms with E-state index in [0.717, 1.165) is 6.29 Å². The molecule has 0 saturated heterocycles. The van der Waals surface area contributed by atoms with E-state index in [1.54, 1.807) is 13.8 Å². The maximum Gasteiger partial charge on any atom is 0.407 e. The molecule has 4 nitrogen and oxygen atoms in total. The summed E-state index contributed by atoms with van der Waals surface area (Å²) in [6, 6.07) is 0. The molecule has 0 aromatic carbocycles. The van der Waals surface area contributed by atoms with E-state index in [4.69, 9.17) is 4.74 Å². The second-order valence-electron chi connectivity index (χ2n) is 2.34. The predicted octanol–water partition coefficient (Wildman–Crippen LogP) is 0.710. The van der Waals surface area contributed by atoms with Crippen LogP contribution in [0.5, 0.6) is 0 Å². The zero-order chi connectivity index (χ0) is 8.69. The monoisotopic (exact) mass is 159 g/mol. The molecule has 0 unspecified atom stereocenters. The molecule has 1 N–H and O–H groups in total. The van der Waals surface area contributed by atoms with E-state index in [-0.39, 0.29) is 6.10 Å². The third-order valence-corrected chi connectivity index (χ3v) is 0.874. The van der Waals surface area contributed by atoms with Gasteiger partial charge in [0.25, 0.3) is 0 Å². The molecule has 0 heterocycles. The molecule has 1 amide bonds. The van der Waals surface area contributed by atoms with E-state index >= 15 is 0 Å². The van der Waals surface area contributed by atoms with Crippen molar-refractivity contribution in [1.82, 2.24) is 5.32 Å². The molecule has 0 fully saturated rings. The summed E-state index contributed by atoms with van der Waals surface area (Å²) < 4.78 is 4.73. The van der Waals surface area contributed by atoms with Crippen LogP contribution in [-0.4, -0.2) is 25.0 Å². The lowest BCUT2D eigenvalue weighted by Crippen LogP contribution is -2.27. The standard InChI is InChI=1S/C7H13NO3/c1-6(2)11-7(10)8-4-3-5-9/h5-6H,3-4H2,1-2H3,(H,8,10). The second-order valence-corrected chi connectivity index (χ2v) is 2.34. The third-order valence-electron chi connectivity index (χ3n) is 0.874. The van der Waals surface area contributed by atoms with Crippen LogP contribution in [0.1, 0.15) is 20.3 Å². The van der Waals surface area contributed by atoms with Gasteiger partial charge in [-0.2, -0.15) is 0 Å². The van der Waals surface area contributed by atoms with Crippen LogP contribution in [0.3, 0.4) is 0 Å². The Labute approximate surface area is 65.9 Å². The number of amides is 1. The predicted molar refractivity (Wildman–Crippen MR) is 40.3 cm³/mol. The summed E-state index contributed by atoms with van der Waals surface area (Å²) in [5.74, 6) is 0. The minimum Gasteiger partial charge on any atom is -0.447 e. The lowest BCUT2D eigenvalue weighted by atomic mass is 10.5. The van der Waals surface area contributed by atoms with Gasteiger partial charge in [0.15, 0.2) is 0 Å². The third kappa shape index (κ3) is 6.83. The number of aldehydes is 1. The van der Waals surface area contributed by atoms with E-state index in [0.29, 0.717) is 13.0 Å². The van der Waals surface area contributed by atoms with Crippen LogP contribution in [-0.2, 0) is 9.53 Å². The Hall–Kier alpha value is -1.06. The fourth-order valence-corrected chi connectivity index (χ4v) is 0.489. The molecule has 0 aromatic rings. The molecular formula is C7H13NO3. The first-order valence-electron chi connectivity index (χ1n) is 3.55. The van der Waals surface area contributed by atoms with Crippen molar-refractivity contribution >= 4 is 12.4 Å². The highest BCUT2D eigenvalue weighted by Crippen LogP contribution is 1.87. The summed E-state index contributed by atoms with van der Waals surface area (Å²) >= 11 is 0. The van der Waals surface area contributed by atoms with Gasteiger partial charge in [0.2, 0.25) is 0 Å². The van der Waals surface area contributed by atoms with Gasteiger partial charge in [-0.25, -0.2) is 4.79 Å². The minimum atomic E-state index is -0.471. The quantitative estimate of drug-likeness (QED) is 0.485. The van der Waals surface area contributed by atoms with E-state index < -0.39 is 6.09 Å². The molecule has 0 atom stereocenters. The van der Waals surface area contributed by atoms with Gasteiger partial charge in [0.05, 0.1) is 6.10 Å². The van der Waals surface area contributed by atoms with E-state index in [1.807, 2.05) is 0 Å². The molecule has 0 aliphatic rings. The van der Waals surface area contributed by atoms with Gasteiger partial charge in [0, 0.05) is 13.0 Å². The average Bonchev–Trinajstić information content (AvgIpc) is 1.86. The van der Waals surface area contributed by atoms with Gasteiger partial charge in [-0.1, -0.05) is 0 Å². The number of carbonyl (C=O) groups excluding carboxylic acids is 2. The molecule has 0 radical (unpaired) electrons. The van der Waals surface area contributed by atoms with Crippen LogP contribution < -0.4 is 5.32 Å². The molecule has 64 valence electrons. The van der Waals surface area contributed by atoms with Gasteiger partial charge in [0.1, 0.15) is 6.29 Å². The minimum absolute atomic E-state index is 0.119. The molecule has 0 saturated carbocycles. The van der Waals surface area contributed by atoms with Crippen LogP contribution >= 0.6 is 0 Å². The number of alkyl carbamates (subject to hydrolysis) is 1. The van der Waals surface area contributed by atoms with Crippen molar-refractivity contribution in [3.05, 3.63) is 0 Å². The highest BCUT2D eigenvalue weighted by molar-refractivity contribution is 5.67. The lowest BCUT2D eigenvalue weighted by molar-refractivity contribution is -0.107. The Kier molecular flexibility index (Phi) is 5.15. The van der Waals surface area contributed by atoms with Gasteiger partial charge in [-0.15, -0.1) is 0 Å². The van der Waals surface area contributed by atoms with Crippen molar-refractivity contribution in [1.29, 1.82) is 0 Å². The fraction of sp³-hybridized carbons (Fsp3) is 0.714. The Bertz CT molecular complexity index is 134. The van der Waals surface area contributed by atoms with E-state index in [9.17, 15) is 9.59 Å². The first kappa shape index (κ1) is 9.94. The number of ether oxygens (including phenoxy) is 1. The first-order chi connectivity index (χ1) is 5.16. The van der Waals surface area contributed by atoms with Crippen molar-refractivity contribution in [2.75, 3.05) is 6.54 Å². The molecule has 0 bridgehead atoms. The summed E-state index contributed by atoms with van der Waals surface area (Å²) in [4.78, 5) is 20.5. The summed E-state index contributed by atoms with van der Waals surface area (Å²) in [7, 11) is 0. The van der Waals surface area contributed by atoms with E-state index in [2.05, 4.69) is 5.32 Å². The highest BCUT2D eigenvalue weighted by atomic mass is 16.6. The van der Waals surface area contributed by atoms with Crippen LogP contribution in [0.2, 0.25) is 0 Å². The molecule has 0 aliphatic heterocycles. The van der Waals surface area contributed by atoms with Crippen molar-refractivity contribution < 1.29 is 14.3 Å². The molecule has 0 aliphatic carbocycles. The summed E-state index contributed by atoms with van der Waals surface area (Å²) in [5.41, 5.74) is 0. The fourth-order valence-electron chi connectivity index (χ4n) is 0.489. The first-order valence-corrected chi connectivity index (χ1v) is 3.55. The summed E-state index contributed by atoms with van der Waals surface area (Å²) in [6.45, 7) is 3.87. The Morgan fingerprint density at radius 2 is 2.27 bits per heavy atom. The SMILES string of the molecule is CC(C)OC(=O)NCCC=O. The number of rotatable bonds is 4. The van der Waals surface area contributed by atoms with Crippen LogP contribution in [0, 0.1) is 0 Å². The van der Waals surface area contributed by atoms with Gasteiger partial charge in [-0.05, 0) is 13.8 Å². The molecule has 0 rings (SSSR count). The largest absolute Gasteiger partial charge is 0.447 e. The number of carbonyl (C=O) groups is 2. The zero-order valence-electron chi connectivity index (χ0n) is 6.79. The average molecular weight is 159 g/mol. The second kappa shape index (κ2) is 5.70. The van der Waals surface area contributed by atoms with Crippen LogP contribution in [0.15, 0.2) is 0 Å². The zero-order valence-corrected chi connectivity index (χ0v) is 6.79. The molecular weight excluding hydrogens is 146 g/mol. The molecule has 0 aromatic heterocycles. The topological polar surface area (TPSA) is 55.4 Å². The van der Waals surface area contributed by atoms with Crippen LogP contribution in [0.25, 0.3) is 0 Å². The maximum atomic E-state index is 10.7. The molecule has 11 heavy (non-hydrogen) atoms. The van der Waals surface area contributed by atoms with Crippen LogP contribution in [0.4, 0.5) is 4.79 Å². The van der Waals surface area contributed by atoms with Crippen molar-refractivity contribution in [2.45, 2.75) is 26.4 Å². The van der Waals surface area contributed by atoms with Gasteiger partial charge < -0.3 is 14.8 Å². The number of hydrogen-bond donors (Lipinski definition) is 1. The maximum absolute atomic E-state index is 10.7. The lowest BCUT2D eigenvalue weighted by Gasteiger charge is -2.07. The molecule has 4 heteroatoms. The van der Waals surface area contributed by atoms with Crippen molar-refractivity contribution in [3.8, 4) is 0 Å². The Morgan fingerprint density at radius 1 is 1.64 bits per heavy atom. The summed E-state index contributed by atoms with van der Waals surface area (Å²) in [5, 5.41) is 2.42. The molecule has 0 spiro atoms. The number of nitrogens with one attached hydrogen (secondary N) is 1. The highest BCUT2D eigenvalue weighted by Gasteiger charge is 2.01. The van der Waals surface area contributed by atoms with Crippen molar-refractivity contribution in [2.24, 2.45) is 0 Å². The van der Waals surface area contributed by atoms with Crippen molar-refractivity contribution in [3.63, 3.8) is 0 Å². The van der Waals surface area contributed by atoms with Gasteiger partial charge >= 0.3 is 6.09 Å². The Morgan fingerprint density at radius 3 is 2.73 bits per heavy atom. The number of hydrogen-bond acceptors (Lipinski definition) is 3. The van der Waals surface area contributed by atoms with Gasteiger partial charge in [-0.3, -0.25) is 0 Å². The van der Waals surface area contributed by atoms with E-state index in [1.165, 1.54) is 0 Å². The normalized spacial score (nSPS) is 9.36.